The van der Waals surface area contributed by atoms with Gasteiger partial charge < -0.3 is 9.84 Å². The minimum atomic E-state index is -0.415. The van der Waals surface area contributed by atoms with Crippen LogP contribution in [-0.4, -0.2) is 24.4 Å². The summed E-state index contributed by atoms with van der Waals surface area (Å²) in [7, 11) is 0. The summed E-state index contributed by atoms with van der Waals surface area (Å²) in [6.45, 7) is 3.33. The molecule has 0 aliphatic carbocycles. The van der Waals surface area contributed by atoms with Crippen LogP contribution in [0.4, 0.5) is 4.39 Å². The Kier molecular flexibility index (Phi) is 6.04. The summed E-state index contributed by atoms with van der Waals surface area (Å²) in [5.41, 5.74) is 0.837. The van der Waals surface area contributed by atoms with Crippen molar-refractivity contribution in [3.63, 3.8) is 0 Å². The van der Waals surface area contributed by atoms with E-state index in [-0.39, 0.29) is 5.82 Å². The Hall–Kier alpha value is -0.930. The van der Waals surface area contributed by atoms with Crippen molar-refractivity contribution in [3.8, 4) is 0 Å². The second-order valence-corrected chi connectivity index (χ2v) is 3.83. The number of hydrogen-bond acceptors (Lipinski definition) is 2. The molecule has 0 amide bonds. The highest BCUT2D eigenvalue weighted by molar-refractivity contribution is 5.16. The maximum Gasteiger partial charge on any atom is 0.123 e. The van der Waals surface area contributed by atoms with Gasteiger partial charge in [0.1, 0.15) is 5.82 Å². The molecule has 0 aliphatic heterocycles. The normalized spacial score (nSPS) is 12.7. The summed E-state index contributed by atoms with van der Waals surface area (Å²) in [5, 5.41) is 9.71. The van der Waals surface area contributed by atoms with Crippen molar-refractivity contribution in [2.45, 2.75) is 32.3 Å². The van der Waals surface area contributed by atoms with E-state index in [0.717, 1.165) is 12.0 Å². The SMILES string of the molecule is CCOCCCC(O)Cc1cccc(F)c1. The van der Waals surface area contributed by atoms with E-state index in [4.69, 9.17) is 4.74 Å². The monoisotopic (exact) mass is 226 g/mol. The van der Waals surface area contributed by atoms with Gasteiger partial charge in [0.15, 0.2) is 0 Å². The third-order valence-electron chi connectivity index (χ3n) is 2.39. The first-order valence-electron chi connectivity index (χ1n) is 5.72. The smallest absolute Gasteiger partial charge is 0.123 e. The van der Waals surface area contributed by atoms with Gasteiger partial charge in [-0.25, -0.2) is 4.39 Å². The molecule has 0 saturated heterocycles. The highest BCUT2D eigenvalue weighted by Crippen LogP contribution is 2.09. The molecule has 0 spiro atoms. The van der Waals surface area contributed by atoms with E-state index in [1.165, 1.54) is 12.1 Å². The second-order valence-electron chi connectivity index (χ2n) is 3.83. The number of halogens is 1. The molecular formula is C13H19FO2. The lowest BCUT2D eigenvalue weighted by Crippen LogP contribution is -2.11. The molecule has 0 aromatic heterocycles. The lowest BCUT2D eigenvalue weighted by atomic mass is 10.0. The van der Waals surface area contributed by atoms with Crippen LogP contribution in [0.5, 0.6) is 0 Å². The van der Waals surface area contributed by atoms with Crippen molar-refractivity contribution < 1.29 is 14.2 Å². The van der Waals surface area contributed by atoms with Crippen LogP contribution in [0.2, 0.25) is 0 Å². The van der Waals surface area contributed by atoms with E-state index in [0.29, 0.717) is 26.1 Å². The Balaban J connectivity index is 2.25. The molecular weight excluding hydrogens is 207 g/mol. The van der Waals surface area contributed by atoms with Crippen LogP contribution in [-0.2, 0) is 11.2 Å². The number of ether oxygens (including phenoxy) is 1. The standard InChI is InChI=1S/C13H19FO2/c1-2-16-8-4-7-13(15)10-11-5-3-6-12(14)9-11/h3,5-6,9,13,15H,2,4,7-8,10H2,1H3. The molecule has 0 aliphatic rings. The average Bonchev–Trinajstić information content (AvgIpc) is 2.24. The van der Waals surface area contributed by atoms with E-state index in [9.17, 15) is 9.50 Å². The first kappa shape index (κ1) is 13.1. The molecule has 1 rings (SSSR count). The molecule has 0 bridgehead atoms. The molecule has 1 atom stereocenters. The second kappa shape index (κ2) is 7.36. The number of aliphatic hydroxyl groups is 1. The molecule has 0 fully saturated rings. The van der Waals surface area contributed by atoms with Crippen molar-refractivity contribution >= 4 is 0 Å². The van der Waals surface area contributed by atoms with Crippen molar-refractivity contribution in [2.24, 2.45) is 0 Å². The Bertz CT molecular complexity index is 302. The minimum absolute atomic E-state index is 0.251. The van der Waals surface area contributed by atoms with Crippen LogP contribution in [0.3, 0.4) is 0 Å². The zero-order valence-electron chi connectivity index (χ0n) is 9.66. The molecule has 1 aromatic carbocycles. The quantitative estimate of drug-likeness (QED) is 0.724. The van der Waals surface area contributed by atoms with Crippen molar-refractivity contribution in [1.29, 1.82) is 0 Å². The van der Waals surface area contributed by atoms with Gasteiger partial charge in [0.25, 0.3) is 0 Å². The summed E-state index contributed by atoms with van der Waals surface area (Å²) < 4.78 is 18.1. The van der Waals surface area contributed by atoms with Gasteiger partial charge >= 0.3 is 0 Å². The zero-order chi connectivity index (χ0) is 11.8. The third kappa shape index (κ3) is 5.24. The van der Waals surface area contributed by atoms with Gasteiger partial charge in [-0.05, 0) is 43.9 Å². The molecule has 0 saturated carbocycles. The van der Waals surface area contributed by atoms with E-state index in [1.807, 2.05) is 13.0 Å². The first-order valence-corrected chi connectivity index (χ1v) is 5.72. The maximum atomic E-state index is 12.9. The first-order chi connectivity index (χ1) is 7.72. The van der Waals surface area contributed by atoms with E-state index in [2.05, 4.69) is 0 Å². The predicted molar refractivity (Wildman–Crippen MR) is 61.8 cm³/mol. The van der Waals surface area contributed by atoms with E-state index >= 15 is 0 Å². The van der Waals surface area contributed by atoms with Gasteiger partial charge in [-0.2, -0.15) is 0 Å². The molecule has 0 radical (unpaired) electrons. The van der Waals surface area contributed by atoms with Crippen LogP contribution in [0, 0.1) is 5.82 Å². The fourth-order valence-corrected chi connectivity index (χ4v) is 1.60. The van der Waals surface area contributed by atoms with E-state index < -0.39 is 6.10 Å². The number of benzene rings is 1. The lowest BCUT2D eigenvalue weighted by Gasteiger charge is -2.10. The molecule has 1 aromatic rings. The number of hydrogen-bond donors (Lipinski definition) is 1. The van der Waals surface area contributed by atoms with Gasteiger partial charge in [-0.1, -0.05) is 12.1 Å². The number of rotatable bonds is 7. The molecule has 0 heterocycles. The Labute approximate surface area is 96.1 Å². The van der Waals surface area contributed by atoms with Crippen LogP contribution < -0.4 is 0 Å². The lowest BCUT2D eigenvalue weighted by molar-refractivity contribution is 0.114. The van der Waals surface area contributed by atoms with Crippen molar-refractivity contribution in [2.75, 3.05) is 13.2 Å². The Morgan fingerprint density at radius 3 is 2.94 bits per heavy atom. The summed E-state index contributed by atoms with van der Waals surface area (Å²) in [5.74, 6) is -0.251. The van der Waals surface area contributed by atoms with E-state index in [1.54, 1.807) is 6.07 Å². The average molecular weight is 226 g/mol. The van der Waals surface area contributed by atoms with Crippen LogP contribution in [0.1, 0.15) is 25.3 Å². The van der Waals surface area contributed by atoms with Crippen LogP contribution >= 0.6 is 0 Å². The molecule has 1 unspecified atom stereocenters. The zero-order valence-corrected chi connectivity index (χ0v) is 9.66. The van der Waals surface area contributed by atoms with Crippen molar-refractivity contribution in [3.05, 3.63) is 35.6 Å². The van der Waals surface area contributed by atoms with Gasteiger partial charge in [0, 0.05) is 13.2 Å². The Morgan fingerprint density at radius 2 is 2.25 bits per heavy atom. The topological polar surface area (TPSA) is 29.5 Å². The van der Waals surface area contributed by atoms with Crippen LogP contribution in [0.15, 0.2) is 24.3 Å². The largest absolute Gasteiger partial charge is 0.393 e. The van der Waals surface area contributed by atoms with Crippen molar-refractivity contribution in [1.82, 2.24) is 0 Å². The molecule has 2 nitrogen and oxygen atoms in total. The third-order valence-corrected chi connectivity index (χ3v) is 2.39. The number of aliphatic hydroxyl groups excluding tert-OH is 1. The maximum absolute atomic E-state index is 12.9. The van der Waals surface area contributed by atoms with Gasteiger partial charge in [-0.3, -0.25) is 0 Å². The molecule has 3 heteroatoms. The summed E-state index contributed by atoms with van der Waals surface area (Å²) in [6, 6.07) is 6.36. The highest BCUT2D eigenvalue weighted by Gasteiger charge is 2.05. The molecule has 1 N–H and O–H groups in total. The predicted octanol–water partition coefficient (Wildman–Crippen LogP) is 2.55. The fraction of sp³-hybridized carbons (Fsp3) is 0.538. The molecule has 90 valence electrons. The summed E-state index contributed by atoms with van der Waals surface area (Å²) in [6.07, 6.45) is 1.62. The van der Waals surface area contributed by atoms with Gasteiger partial charge in [-0.15, -0.1) is 0 Å². The van der Waals surface area contributed by atoms with Gasteiger partial charge in [0.05, 0.1) is 6.10 Å². The summed E-state index contributed by atoms with van der Waals surface area (Å²) in [4.78, 5) is 0. The minimum Gasteiger partial charge on any atom is -0.393 e. The highest BCUT2D eigenvalue weighted by atomic mass is 19.1. The van der Waals surface area contributed by atoms with Gasteiger partial charge in [0.2, 0.25) is 0 Å². The molecule has 16 heavy (non-hydrogen) atoms. The van der Waals surface area contributed by atoms with Crippen LogP contribution in [0.25, 0.3) is 0 Å². The summed E-state index contributed by atoms with van der Waals surface area (Å²) >= 11 is 0. The fourth-order valence-electron chi connectivity index (χ4n) is 1.60. The Morgan fingerprint density at radius 1 is 1.44 bits per heavy atom.